The molecule has 14 heavy (non-hydrogen) atoms. The van der Waals surface area contributed by atoms with Crippen LogP contribution < -0.4 is 4.74 Å². The molecule has 1 aromatic heterocycles. The fourth-order valence-electron chi connectivity index (χ4n) is 1.56. The second kappa shape index (κ2) is 2.98. The first-order valence-corrected chi connectivity index (χ1v) is 4.93. The summed E-state index contributed by atoms with van der Waals surface area (Å²) in [7, 11) is 0. The lowest BCUT2D eigenvalue weighted by molar-refractivity contribution is 0.307. The van der Waals surface area contributed by atoms with Crippen molar-refractivity contribution in [2.45, 2.75) is 18.9 Å². The minimum absolute atomic E-state index is 0.453. The van der Waals surface area contributed by atoms with Gasteiger partial charge in [0.1, 0.15) is 5.75 Å². The van der Waals surface area contributed by atoms with E-state index in [9.17, 15) is 0 Å². The van der Waals surface area contributed by atoms with E-state index >= 15 is 0 Å². The zero-order valence-corrected chi connectivity index (χ0v) is 7.81. The number of fused-ring (bicyclic) bond motifs is 1. The van der Waals surface area contributed by atoms with Gasteiger partial charge in [-0.15, -0.1) is 0 Å². The van der Waals surface area contributed by atoms with Crippen molar-refractivity contribution in [3.63, 3.8) is 0 Å². The second-order valence-electron chi connectivity index (χ2n) is 3.67. The molecule has 2 heteroatoms. The Balaban J connectivity index is 2.11. The van der Waals surface area contributed by atoms with E-state index in [1.807, 2.05) is 30.6 Å². The third kappa shape index (κ3) is 1.33. The Hall–Kier alpha value is -1.57. The molecule has 2 aromatic rings. The SMILES string of the molecule is c1cc(OC2CC2)c2ccncc2c1. The lowest BCUT2D eigenvalue weighted by Gasteiger charge is -2.07. The molecule has 2 nitrogen and oxygen atoms in total. The smallest absolute Gasteiger partial charge is 0.127 e. The molecule has 0 bridgehead atoms. The summed E-state index contributed by atoms with van der Waals surface area (Å²) in [6.07, 6.45) is 6.52. The molecule has 0 aliphatic heterocycles. The van der Waals surface area contributed by atoms with Crippen LogP contribution in [0.25, 0.3) is 10.8 Å². The van der Waals surface area contributed by atoms with Gasteiger partial charge < -0.3 is 4.74 Å². The predicted molar refractivity (Wildman–Crippen MR) is 55.4 cm³/mol. The summed E-state index contributed by atoms with van der Waals surface area (Å²) >= 11 is 0. The molecule has 1 aliphatic carbocycles. The van der Waals surface area contributed by atoms with Crippen LogP contribution in [0.2, 0.25) is 0 Å². The highest BCUT2D eigenvalue weighted by molar-refractivity contribution is 5.87. The van der Waals surface area contributed by atoms with Crippen molar-refractivity contribution in [2.24, 2.45) is 0 Å². The Morgan fingerprint density at radius 2 is 2.14 bits per heavy atom. The molecule has 3 rings (SSSR count). The van der Waals surface area contributed by atoms with Crippen LogP contribution >= 0.6 is 0 Å². The van der Waals surface area contributed by atoms with Crippen LogP contribution in [0, 0.1) is 0 Å². The molecule has 0 spiro atoms. The molecule has 1 aliphatic rings. The number of hydrogen-bond donors (Lipinski definition) is 0. The topological polar surface area (TPSA) is 22.1 Å². The van der Waals surface area contributed by atoms with Gasteiger partial charge >= 0.3 is 0 Å². The molecular weight excluding hydrogens is 174 g/mol. The lowest BCUT2D eigenvalue weighted by Crippen LogP contribution is -1.96. The van der Waals surface area contributed by atoms with Gasteiger partial charge in [0.25, 0.3) is 0 Å². The average molecular weight is 185 g/mol. The quantitative estimate of drug-likeness (QED) is 0.717. The zero-order valence-electron chi connectivity index (χ0n) is 7.81. The predicted octanol–water partition coefficient (Wildman–Crippen LogP) is 2.78. The third-order valence-electron chi connectivity index (χ3n) is 2.46. The summed E-state index contributed by atoms with van der Waals surface area (Å²) in [4.78, 5) is 4.09. The van der Waals surface area contributed by atoms with E-state index in [-0.39, 0.29) is 0 Å². The Labute approximate surface area is 82.5 Å². The van der Waals surface area contributed by atoms with Crippen LogP contribution in [-0.2, 0) is 0 Å². The van der Waals surface area contributed by atoms with E-state index in [0.29, 0.717) is 6.10 Å². The van der Waals surface area contributed by atoms with Crippen molar-refractivity contribution >= 4 is 10.8 Å². The summed E-state index contributed by atoms with van der Waals surface area (Å²) in [6, 6.07) is 8.11. The number of nitrogens with zero attached hydrogens (tertiary/aromatic N) is 1. The molecular formula is C12H11NO. The van der Waals surface area contributed by atoms with Crippen molar-refractivity contribution in [1.82, 2.24) is 4.98 Å². The minimum atomic E-state index is 0.453. The Kier molecular flexibility index (Phi) is 1.66. The second-order valence-corrected chi connectivity index (χ2v) is 3.67. The number of pyridine rings is 1. The van der Waals surface area contributed by atoms with Gasteiger partial charge in [-0.1, -0.05) is 12.1 Å². The maximum absolute atomic E-state index is 5.81. The molecule has 1 aromatic carbocycles. The van der Waals surface area contributed by atoms with Crippen molar-refractivity contribution in [2.75, 3.05) is 0 Å². The van der Waals surface area contributed by atoms with Gasteiger partial charge in [-0.05, 0) is 25.0 Å². The highest BCUT2D eigenvalue weighted by Gasteiger charge is 2.23. The molecule has 0 N–H and O–H groups in total. The molecule has 1 fully saturated rings. The van der Waals surface area contributed by atoms with Crippen LogP contribution in [0.1, 0.15) is 12.8 Å². The van der Waals surface area contributed by atoms with Crippen LogP contribution in [0.4, 0.5) is 0 Å². The van der Waals surface area contributed by atoms with E-state index in [1.54, 1.807) is 0 Å². The minimum Gasteiger partial charge on any atom is -0.490 e. The first kappa shape index (κ1) is 7.80. The summed E-state index contributed by atoms with van der Waals surface area (Å²) in [6.45, 7) is 0. The number of aromatic nitrogens is 1. The normalized spacial score (nSPS) is 15.7. The first-order valence-electron chi connectivity index (χ1n) is 4.93. The van der Waals surface area contributed by atoms with E-state index < -0.39 is 0 Å². The fraction of sp³-hybridized carbons (Fsp3) is 0.250. The maximum Gasteiger partial charge on any atom is 0.127 e. The zero-order chi connectivity index (χ0) is 9.38. The average Bonchev–Trinajstić information content (AvgIpc) is 3.03. The standard InChI is InChI=1S/C12H11NO/c1-2-9-8-13-7-6-11(9)12(3-1)14-10-4-5-10/h1-3,6-8,10H,4-5H2. The Morgan fingerprint density at radius 3 is 3.00 bits per heavy atom. The molecule has 0 saturated heterocycles. The van der Waals surface area contributed by atoms with Gasteiger partial charge in [0.15, 0.2) is 0 Å². The Morgan fingerprint density at radius 1 is 1.21 bits per heavy atom. The number of rotatable bonds is 2. The van der Waals surface area contributed by atoms with Crippen molar-refractivity contribution in [3.8, 4) is 5.75 Å². The van der Waals surface area contributed by atoms with E-state index in [1.165, 1.54) is 12.8 Å². The molecule has 0 amide bonds. The number of ether oxygens (including phenoxy) is 1. The molecule has 1 heterocycles. The van der Waals surface area contributed by atoms with Gasteiger partial charge in [-0.2, -0.15) is 0 Å². The summed E-state index contributed by atoms with van der Waals surface area (Å²) in [5.74, 6) is 0.993. The van der Waals surface area contributed by atoms with Crippen LogP contribution in [0.3, 0.4) is 0 Å². The summed E-state index contributed by atoms with van der Waals surface area (Å²) < 4.78 is 5.81. The molecule has 0 atom stereocenters. The van der Waals surface area contributed by atoms with Crippen molar-refractivity contribution in [1.29, 1.82) is 0 Å². The Bertz CT molecular complexity index is 457. The summed E-state index contributed by atoms with van der Waals surface area (Å²) in [5.41, 5.74) is 0. The molecule has 70 valence electrons. The van der Waals surface area contributed by atoms with E-state index in [2.05, 4.69) is 11.1 Å². The van der Waals surface area contributed by atoms with Gasteiger partial charge in [0.05, 0.1) is 6.10 Å². The monoisotopic (exact) mass is 185 g/mol. The fourth-order valence-corrected chi connectivity index (χ4v) is 1.56. The largest absolute Gasteiger partial charge is 0.490 e. The summed E-state index contributed by atoms with van der Waals surface area (Å²) in [5, 5.41) is 2.31. The van der Waals surface area contributed by atoms with Gasteiger partial charge in [-0.3, -0.25) is 4.98 Å². The first-order chi connectivity index (χ1) is 6.93. The third-order valence-corrected chi connectivity index (χ3v) is 2.46. The van der Waals surface area contributed by atoms with Crippen molar-refractivity contribution < 1.29 is 4.74 Å². The van der Waals surface area contributed by atoms with Gasteiger partial charge in [0, 0.05) is 23.2 Å². The highest BCUT2D eigenvalue weighted by Crippen LogP contribution is 2.31. The van der Waals surface area contributed by atoms with Crippen LogP contribution in [0.15, 0.2) is 36.7 Å². The molecule has 1 saturated carbocycles. The van der Waals surface area contributed by atoms with Gasteiger partial charge in [0.2, 0.25) is 0 Å². The lowest BCUT2D eigenvalue weighted by atomic mass is 10.1. The van der Waals surface area contributed by atoms with E-state index in [4.69, 9.17) is 4.74 Å². The van der Waals surface area contributed by atoms with Crippen molar-refractivity contribution in [3.05, 3.63) is 36.7 Å². The maximum atomic E-state index is 5.81. The van der Waals surface area contributed by atoms with Crippen LogP contribution in [-0.4, -0.2) is 11.1 Å². The highest BCUT2D eigenvalue weighted by atomic mass is 16.5. The van der Waals surface area contributed by atoms with Gasteiger partial charge in [-0.25, -0.2) is 0 Å². The molecule has 0 radical (unpaired) electrons. The number of hydrogen-bond acceptors (Lipinski definition) is 2. The molecule has 0 unspecified atom stereocenters. The van der Waals surface area contributed by atoms with Crippen LogP contribution in [0.5, 0.6) is 5.75 Å². The number of benzene rings is 1. The van der Waals surface area contributed by atoms with E-state index in [0.717, 1.165) is 16.5 Å².